The van der Waals surface area contributed by atoms with Crippen LogP contribution in [0, 0.1) is 5.82 Å². The van der Waals surface area contributed by atoms with Crippen molar-refractivity contribution >= 4 is 29.3 Å². The number of hydrogen-bond acceptors (Lipinski definition) is 5. The lowest BCUT2D eigenvalue weighted by molar-refractivity contribution is -0.131. The third kappa shape index (κ3) is 6.89. The summed E-state index contributed by atoms with van der Waals surface area (Å²) in [6.07, 6.45) is 1.89. The van der Waals surface area contributed by atoms with E-state index in [0.29, 0.717) is 41.0 Å². The summed E-state index contributed by atoms with van der Waals surface area (Å²) >= 11 is 7.37. The third-order valence-corrected chi connectivity index (χ3v) is 7.39. The van der Waals surface area contributed by atoms with Gasteiger partial charge in [0.2, 0.25) is 5.91 Å². The molecule has 0 atom stereocenters. The Hall–Kier alpha value is -3.46. The van der Waals surface area contributed by atoms with Crippen LogP contribution in [0.25, 0.3) is 11.1 Å². The first kappa shape index (κ1) is 27.6. The van der Waals surface area contributed by atoms with Crippen molar-refractivity contribution in [2.75, 3.05) is 13.6 Å². The van der Waals surface area contributed by atoms with Gasteiger partial charge in [-0.1, -0.05) is 71.9 Å². The molecule has 0 aliphatic heterocycles. The van der Waals surface area contributed by atoms with E-state index in [2.05, 4.69) is 4.98 Å². The van der Waals surface area contributed by atoms with Gasteiger partial charge in [0, 0.05) is 36.1 Å². The van der Waals surface area contributed by atoms with Gasteiger partial charge in [-0.15, -0.1) is 0 Å². The Morgan fingerprint density at radius 2 is 1.76 bits per heavy atom. The molecule has 0 radical (unpaired) electrons. The molecule has 1 amide bonds. The van der Waals surface area contributed by atoms with Gasteiger partial charge in [0.1, 0.15) is 12.4 Å². The van der Waals surface area contributed by atoms with Crippen LogP contribution in [0.2, 0.25) is 5.02 Å². The van der Waals surface area contributed by atoms with Crippen molar-refractivity contribution < 1.29 is 9.18 Å². The van der Waals surface area contributed by atoms with Gasteiger partial charge in [-0.2, -0.15) is 0 Å². The van der Waals surface area contributed by atoms with E-state index in [0.717, 1.165) is 22.3 Å². The van der Waals surface area contributed by atoms with Gasteiger partial charge >= 0.3 is 0 Å². The molecule has 0 unspecified atom stereocenters. The first-order chi connectivity index (χ1) is 18.4. The van der Waals surface area contributed by atoms with Crippen LogP contribution in [-0.2, 0) is 30.1 Å². The lowest BCUT2D eigenvalue weighted by atomic mass is 9.99. The number of halogens is 2. The van der Waals surface area contributed by atoms with E-state index in [4.69, 9.17) is 17.3 Å². The molecule has 1 heterocycles. The standard InChI is InChI=1S/C29H28ClFN4O2S/c1-34(17-23-4-2-3-5-26(23)21-8-10-24(30)11-9-21)27(36)18-35-28(37)22(14-15-32)16-33-29(35)38-19-20-6-12-25(31)13-7-20/h2-13,16H,14-15,17-19,32H2,1H3. The summed E-state index contributed by atoms with van der Waals surface area (Å²) in [4.78, 5) is 32.6. The number of hydrogen-bond donors (Lipinski definition) is 1. The van der Waals surface area contributed by atoms with E-state index >= 15 is 0 Å². The van der Waals surface area contributed by atoms with E-state index < -0.39 is 0 Å². The molecule has 0 fully saturated rings. The van der Waals surface area contributed by atoms with Gasteiger partial charge in [0.25, 0.3) is 5.56 Å². The second-order valence-electron chi connectivity index (χ2n) is 8.82. The quantitative estimate of drug-likeness (QED) is 0.218. The van der Waals surface area contributed by atoms with E-state index in [1.165, 1.54) is 34.7 Å². The minimum Gasteiger partial charge on any atom is -0.340 e. The number of nitrogens with two attached hydrogens (primary N) is 1. The van der Waals surface area contributed by atoms with Gasteiger partial charge in [-0.3, -0.25) is 14.2 Å². The molecule has 0 spiro atoms. The van der Waals surface area contributed by atoms with Crippen molar-refractivity contribution in [3.8, 4) is 11.1 Å². The Balaban J connectivity index is 1.55. The Labute approximate surface area is 230 Å². The minimum absolute atomic E-state index is 0.157. The number of likely N-dealkylation sites (N-methyl/N-ethyl adjacent to an activating group) is 1. The van der Waals surface area contributed by atoms with Crippen LogP contribution in [0.3, 0.4) is 0 Å². The number of benzene rings is 3. The maximum Gasteiger partial charge on any atom is 0.257 e. The molecule has 4 rings (SSSR count). The van der Waals surface area contributed by atoms with Crippen molar-refractivity contribution in [2.45, 2.75) is 30.4 Å². The molecule has 196 valence electrons. The Kier molecular flexibility index (Phi) is 9.33. The van der Waals surface area contributed by atoms with Crippen LogP contribution in [-0.4, -0.2) is 34.0 Å². The Bertz CT molecular complexity index is 1460. The number of aromatic nitrogens is 2. The smallest absolute Gasteiger partial charge is 0.257 e. The van der Waals surface area contributed by atoms with Crippen molar-refractivity contribution in [3.05, 3.63) is 117 Å². The molecule has 0 aliphatic carbocycles. The molecule has 0 saturated carbocycles. The minimum atomic E-state index is -0.314. The van der Waals surface area contributed by atoms with Gasteiger partial charge in [0.05, 0.1) is 0 Å². The first-order valence-electron chi connectivity index (χ1n) is 12.1. The second kappa shape index (κ2) is 12.9. The summed E-state index contributed by atoms with van der Waals surface area (Å²) in [5.41, 5.74) is 9.71. The van der Waals surface area contributed by atoms with Crippen LogP contribution >= 0.6 is 23.4 Å². The van der Waals surface area contributed by atoms with Crippen molar-refractivity contribution in [1.82, 2.24) is 14.5 Å². The number of carbonyl (C=O) groups excluding carboxylic acids is 1. The molecule has 38 heavy (non-hydrogen) atoms. The number of thioether (sulfide) groups is 1. The number of carbonyl (C=O) groups is 1. The predicted octanol–water partition coefficient (Wildman–Crippen LogP) is 5.15. The summed E-state index contributed by atoms with van der Waals surface area (Å²) in [5.74, 6) is -0.0684. The largest absolute Gasteiger partial charge is 0.340 e. The molecule has 0 bridgehead atoms. The van der Waals surface area contributed by atoms with Crippen LogP contribution in [0.1, 0.15) is 16.7 Å². The van der Waals surface area contributed by atoms with Crippen molar-refractivity contribution in [3.63, 3.8) is 0 Å². The van der Waals surface area contributed by atoms with Gasteiger partial charge in [-0.05, 0) is 59.5 Å². The zero-order valence-corrected chi connectivity index (χ0v) is 22.5. The second-order valence-corrected chi connectivity index (χ2v) is 10.2. The average Bonchev–Trinajstić information content (AvgIpc) is 2.92. The molecule has 9 heteroatoms. The highest BCUT2D eigenvalue weighted by molar-refractivity contribution is 7.98. The lowest BCUT2D eigenvalue weighted by Gasteiger charge is -2.21. The van der Waals surface area contributed by atoms with Gasteiger partial charge in [-0.25, -0.2) is 9.37 Å². The van der Waals surface area contributed by atoms with E-state index in [1.54, 1.807) is 24.1 Å². The molecule has 2 N–H and O–H groups in total. The maximum atomic E-state index is 13.3. The fraction of sp³-hybridized carbons (Fsp3) is 0.207. The Morgan fingerprint density at radius 3 is 2.47 bits per heavy atom. The van der Waals surface area contributed by atoms with Crippen molar-refractivity contribution in [1.29, 1.82) is 0 Å². The fourth-order valence-electron chi connectivity index (χ4n) is 4.00. The van der Waals surface area contributed by atoms with Gasteiger partial charge < -0.3 is 10.6 Å². The van der Waals surface area contributed by atoms with Crippen LogP contribution in [0.15, 0.2) is 88.9 Å². The molecule has 0 saturated heterocycles. The molecule has 0 aliphatic rings. The first-order valence-corrected chi connectivity index (χ1v) is 13.5. The highest BCUT2D eigenvalue weighted by Crippen LogP contribution is 2.26. The molecular formula is C29H28ClFN4O2S. The average molecular weight is 551 g/mol. The van der Waals surface area contributed by atoms with Crippen LogP contribution < -0.4 is 11.3 Å². The highest BCUT2D eigenvalue weighted by atomic mass is 35.5. The lowest BCUT2D eigenvalue weighted by Crippen LogP contribution is -2.36. The molecule has 3 aromatic carbocycles. The summed E-state index contributed by atoms with van der Waals surface area (Å²) in [5, 5.41) is 1.07. The SMILES string of the molecule is CN(Cc1ccccc1-c1ccc(Cl)cc1)C(=O)Cn1c(SCc2ccc(F)cc2)ncc(CCN)c1=O. The van der Waals surface area contributed by atoms with E-state index in [1.807, 2.05) is 48.5 Å². The zero-order valence-electron chi connectivity index (χ0n) is 20.9. The summed E-state index contributed by atoms with van der Waals surface area (Å²) in [7, 11) is 1.72. The topological polar surface area (TPSA) is 81.2 Å². The molecule has 6 nitrogen and oxygen atoms in total. The van der Waals surface area contributed by atoms with E-state index in [9.17, 15) is 14.0 Å². The monoisotopic (exact) mass is 550 g/mol. The molecular weight excluding hydrogens is 523 g/mol. The normalized spacial score (nSPS) is 10.9. The number of nitrogens with zero attached hydrogens (tertiary/aromatic N) is 3. The summed E-state index contributed by atoms with van der Waals surface area (Å²) in [6, 6.07) is 21.6. The Morgan fingerprint density at radius 1 is 1.05 bits per heavy atom. The third-order valence-electron chi connectivity index (χ3n) is 6.08. The highest BCUT2D eigenvalue weighted by Gasteiger charge is 2.18. The maximum absolute atomic E-state index is 13.3. The fourth-order valence-corrected chi connectivity index (χ4v) is 5.04. The molecule has 1 aromatic heterocycles. The summed E-state index contributed by atoms with van der Waals surface area (Å²) < 4.78 is 14.7. The zero-order chi connectivity index (χ0) is 27.1. The number of rotatable bonds is 10. The number of amides is 1. The van der Waals surface area contributed by atoms with Gasteiger partial charge in [0.15, 0.2) is 5.16 Å². The predicted molar refractivity (Wildman–Crippen MR) is 151 cm³/mol. The van der Waals surface area contributed by atoms with Crippen molar-refractivity contribution in [2.24, 2.45) is 5.73 Å². The van der Waals surface area contributed by atoms with E-state index in [-0.39, 0.29) is 23.8 Å². The van der Waals surface area contributed by atoms with Crippen LogP contribution in [0.5, 0.6) is 0 Å². The molecule has 4 aromatic rings. The van der Waals surface area contributed by atoms with Crippen LogP contribution in [0.4, 0.5) is 4.39 Å². The summed E-state index contributed by atoms with van der Waals surface area (Å²) in [6.45, 7) is 0.504.